The lowest BCUT2D eigenvalue weighted by atomic mass is 10.0. The van der Waals surface area contributed by atoms with E-state index in [1.54, 1.807) is 0 Å². The Bertz CT molecular complexity index is 447. The molecule has 0 radical (unpaired) electrons. The largest absolute Gasteiger partial charge is 0.350 e. The first kappa shape index (κ1) is 15.0. The fraction of sp³-hybridized carbons (Fsp3) is 0.562. The van der Waals surface area contributed by atoms with Crippen molar-refractivity contribution in [3.63, 3.8) is 0 Å². The first-order chi connectivity index (χ1) is 9.72. The van der Waals surface area contributed by atoms with Crippen LogP contribution in [0.25, 0.3) is 0 Å². The second kappa shape index (κ2) is 7.41. The summed E-state index contributed by atoms with van der Waals surface area (Å²) in [5, 5.41) is 3.08. The SMILES string of the molecule is CN1CCCCC1CNC(=O)c1ccccc1CCN. The van der Waals surface area contributed by atoms with Crippen LogP contribution in [0.15, 0.2) is 24.3 Å². The van der Waals surface area contributed by atoms with Gasteiger partial charge in [-0.05, 0) is 51.0 Å². The zero-order valence-electron chi connectivity index (χ0n) is 12.3. The Morgan fingerprint density at radius 3 is 2.95 bits per heavy atom. The highest BCUT2D eigenvalue weighted by Gasteiger charge is 2.20. The van der Waals surface area contributed by atoms with Crippen molar-refractivity contribution < 1.29 is 4.79 Å². The predicted molar refractivity (Wildman–Crippen MR) is 81.8 cm³/mol. The molecule has 1 unspecified atom stereocenters. The maximum atomic E-state index is 12.3. The number of rotatable bonds is 5. The topological polar surface area (TPSA) is 58.4 Å². The van der Waals surface area contributed by atoms with Crippen LogP contribution in [0.2, 0.25) is 0 Å². The van der Waals surface area contributed by atoms with Gasteiger partial charge in [0.15, 0.2) is 0 Å². The molecule has 1 fully saturated rings. The zero-order chi connectivity index (χ0) is 14.4. The molecule has 110 valence electrons. The number of nitrogens with two attached hydrogens (primary N) is 1. The Morgan fingerprint density at radius 2 is 2.20 bits per heavy atom. The molecule has 0 aliphatic carbocycles. The molecule has 2 rings (SSSR count). The number of nitrogens with zero attached hydrogens (tertiary/aromatic N) is 1. The molecule has 3 N–H and O–H groups in total. The van der Waals surface area contributed by atoms with Crippen molar-refractivity contribution in [2.75, 3.05) is 26.7 Å². The van der Waals surface area contributed by atoms with Crippen molar-refractivity contribution in [1.29, 1.82) is 0 Å². The van der Waals surface area contributed by atoms with Crippen LogP contribution in [0.5, 0.6) is 0 Å². The summed E-state index contributed by atoms with van der Waals surface area (Å²) in [6.45, 7) is 2.42. The van der Waals surface area contributed by atoms with E-state index in [1.165, 1.54) is 19.3 Å². The molecular weight excluding hydrogens is 250 g/mol. The van der Waals surface area contributed by atoms with Gasteiger partial charge in [0.25, 0.3) is 5.91 Å². The molecule has 1 heterocycles. The van der Waals surface area contributed by atoms with E-state index in [0.29, 0.717) is 12.6 Å². The molecule has 0 bridgehead atoms. The van der Waals surface area contributed by atoms with Gasteiger partial charge in [0.05, 0.1) is 0 Å². The Hall–Kier alpha value is -1.39. The number of likely N-dealkylation sites (tertiary alicyclic amines) is 1. The Labute approximate surface area is 121 Å². The third-order valence-electron chi connectivity index (χ3n) is 4.10. The van der Waals surface area contributed by atoms with Gasteiger partial charge in [-0.1, -0.05) is 24.6 Å². The molecule has 1 aliphatic heterocycles. The summed E-state index contributed by atoms with van der Waals surface area (Å²) in [7, 11) is 2.14. The molecule has 1 aromatic rings. The average Bonchev–Trinajstić information content (AvgIpc) is 2.47. The first-order valence-corrected chi connectivity index (χ1v) is 7.48. The summed E-state index contributed by atoms with van der Waals surface area (Å²) in [6, 6.07) is 8.19. The number of benzene rings is 1. The average molecular weight is 275 g/mol. The van der Waals surface area contributed by atoms with Gasteiger partial charge in [-0.15, -0.1) is 0 Å². The van der Waals surface area contributed by atoms with Gasteiger partial charge in [-0.2, -0.15) is 0 Å². The molecule has 1 amide bonds. The van der Waals surface area contributed by atoms with Gasteiger partial charge in [-0.3, -0.25) is 4.79 Å². The van der Waals surface area contributed by atoms with Crippen LogP contribution in [0.3, 0.4) is 0 Å². The minimum atomic E-state index is 0.0213. The van der Waals surface area contributed by atoms with Crippen LogP contribution in [0.1, 0.15) is 35.2 Å². The fourth-order valence-electron chi connectivity index (χ4n) is 2.82. The molecule has 20 heavy (non-hydrogen) atoms. The number of carbonyl (C=O) groups excluding carboxylic acids is 1. The number of carbonyl (C=O) groups is 1. The molecule has 4 heteroatoms. The van der Waals surface area contributed by atoms with E-state index in [9.17, 15) is 4.79 Å². The molecule has 4 nitrogen and oxygen atoms in total. The number of hydrogen-bond donors (Lipinski definition) is 2. The van der Waals surface area contributed by atoms with Crippen LogP contribution in [0, 0.1) is 0 Å². The minimum absolute atomic E-state index is 0.0213. The monoisotopic (exact) mass is 275 g/mol. The number of hydrogen-bond acceptors (Lipinski definition) is 3. The van der Waals surface area contributed by atoms with E-state index in [0.717, 1.165) is 30.6 Å². The third kappa shape index (κ3) is 3.81. The van der Waals surface area contributed by atoms with Crippen LogP contribution in [0.4, 0.5) is 0 Å². The smallest absolute Gasteiger partial charge is 0.251 e. The van der Waals surface area contributed by atoms with Crippen molar-refractivity contribution in [1.82, 2.24) is 10.2 Å². The van der Waals surface area contributed by atoms with Crippen LogP contribution < -0.4 is 11.1 Å². The van der Waals surface area contributed by atoms with Gasteiger partial charge in [0.2, 0.25) is 0 Å². The molecule has 1 aromatic carbocycles. The summed E-state index contributed by atoms with van der Waals surface area (Å²) in [5.74, 6) is 0.0213. The summed E-state index contributed by atoms with van der Waals surface area (Å²) < 4.78 is 0. The third-order valence-corrected chi connectivity index (χ3v) is 4.10. The lowest BCUT2D eigenvalue weighted by molar-refractivity contribution is 0.0927. The molecule has 1 saturated heterocycles. The van der Waals surface area contributed by atoms with Gasteiger partial charge in [0, 0.05) is 18.2 Å². The van der Waals surface area contributed by atoms with Crippen LogP contribution in [-0.2, 0) is 6.42 Å². The van der Waals surface area contributed by atoms with E-state index in [1.807, 2.05) is 24.3 Å². The molecule has 1 aliphatic rings. The summed E-state index contributed by atoms with van der Waals surface area (Å²) in [6.07, 6.45) is 4.43. The standard InChI is InChI=1S/C16H25N3O/c1-19-11-5-4-7-14(19)12-18-16(20)15-8-3-2-6-13(15)9-10-17/h2-3,6,8,14H,4-5,7,9-12,17H2,1H3,(H,18,20). The second-order valence-electron chi connectivity index (χ2n) is 5.54. The molecule has 0 spiro atoms. The van der Waals surface area contributed by atoms with Gasteiger partial charge in [-0.25, -0.2) is 0 Å². The maximum absolute atomic E-state index is 12.3. The second-order valence-corrected chi connectivity index (χ2v) is 5.54. The molecular formula is C16H25N3O. The van der Waals surface area contributed by atoms with Gasteiger partial charge >= 0.3 is 0 Å². The van der Waals surface area contributed by atoms with E-state index in [-0.39, 0.29) is 5.91 Å². The van der Waals surface area contributed by atoms with E-state index in [4.69, 9.17) is 5.73 Å². The highest BCUT2D eigenvalue weighted by Crippen LogP contribution is 2.14. The minimum Gasteiger partial charge on any atom is -0.350 e. The summed E-state index contributed by atoms with van der Waals surface area (Å²) >= 11 is 0. The fourth-order valence-corrected chi connectivity index (χ4v) is 2.82. The van der Waals surface area contributed by atoms with E-state index in [2.05, 4.69) is 17.3 Å². The molecule has 1 atom stereocenters. The van der Waals surface area contributed by atoms with Crippen molar-refractivity contribution in [3.05, 3.63) is 35.4 Å². The van der Waals surface area contributed by atoms with Crippen molar-refractivity contribution >= 4 is 5.91 Å². The normalized spacial score (nSPS) is 19.8. The van der Waals surface area contributed by atoms with Gasteiger partial charge < -0.3 is 16.0 Å². The van der Waals surface area contributed by atoms with E-state index < -0.39 is 0 Å². The lowest BCUT2D eigenvalue weighted by Gasteiger charge is -2.32. The van der Waals surface area contributed by atoms with Crippen molar-refractivity contribution in [2.24, 2.45) is 5.73 Å². The number of piperidine rings is 1. The number of likely N-dealkylation sites (N-methyl/N-ethyl adjacent to an activating group) is 1. The Kier molecular flexibility index (Phi) is 5.56. The number of amides is 1. The summed E-state index contributed by atoms with van der Waals surface area (Å²) in [4.78, 5) is 14.7. The Balaban J connectivity index is 1.94. The highest BCUT2D eigenvalue weighted by molar-refractivity contribution is 5.95. The quantitative estimate of drug-likeness (QED) is 0.854. The molecule has 0 saturated carbocycles. The Morgan fingerprint density at radius 1 is 1.40 bits per heavy atom. The summed E-state index contributed by atoms with van der Waals surface area (Å²) in [5.41, 5.74) is 7.39. The van der Waals surface area contributed by atoms with Crippen molar-refractivity contribution in [2.45, 2.75) is 31.7 Å². The predicted octanol–water partition coefficient (Wildman–Crippen LogP) is 1.40. The maximum Gasteiger partial charge on any atom is 0.251 e. The number of nitrogens with one attached hydrogen (secondary N) is 1. The van der Waals surface area contributed by atoms with E-state index >= 15 is 0 Å². The first-order valence-electron chi connectivity index (χ1n) is 7.48. The van der Waals surface area contributed by atoms with Gasteiger partial charge in [0.1, 0.15) is 0 Å². The lowest BCUT2D eigenvalue weighted by Crippen LogP contribution is -2.44. The highest BCUT2D eigenvalue weighted by atomic mass is 16.1. The van der Waals surface area contributed by atoms with Crippen LogP contribution in [-0.4, -0.2) is 43.5 Å². The van der Waals surface area contributed by atoms with Crippen molar-refractivity contribution in [3.8, 4) is 0 Å². The zero-order valence-corrected chi connectivity index (χ0v) is 12.3. The molecule has 0 aromatic heterocycles. The van der Waals surface area contributed by atoms with Crippen LogP contribution >= 0.6 is 0 Å².